The number of aromatic nitrogens is 3. The molecule has 1 amide bonds. The average molecular weight is 382 g/mol. The largest absolute Gasteiger partial charge is 0.329 e. The first-order valence-corrected chi connectivity index (χ1v) is 9.24. The van der Waals surface area contributed by atoms with Crippen molar-refractivity contribution in [1.82, 2.24) is 19.7 Å². The zero-order valence-electron chi connectivity index (χ0n) is 15.5. The highest BCUT2D eigenvalue weighted by Gasteiger charge is 2.29. The Balaban J connectivity index is 1.50. The van der Waals surface area contributed by atoms with E-state index in [0.717, 1.165) is 30.8 Å². The summed E-state index contributed by atoms with van der Waals surface area (Å²) in [5, 5.41) is 8.58. The van der Waals surface area contributed by atoms with Crippen LogP contribution in [0.2, 0.25) is 0 Å². The van der Waals surface area contributed by atoms with Crippen molar-refractivity contribution in [3.05, 3.63) is 82.9 Å². The number of nitrogens with zero attached hydrogens (tertiary/aromatic N) is 4. The molecule has 0 saturated carbocycles. The third kappa shape index (κ3) is 3.52. The molecule has 7 heteroatoms. The minimum absolute atomic E-state index is 0.00114. The molecule has 2 heterocycles. The van der Waals surface area contributed by atoms with Gasteiger partial charge in [0.25, 0.3) is 5.91 Å². The van der Waals surface area contributed by atoms with E-state index >= 15 is 0 Å². The second kappa shape index (κ2) is 7.50. The van der Waals surface area contributed by atoms with Crippen molar-refractivity contribution in [1.29, 1.82) is 0 Å². The fourth-order valence-electron chi connectivity index (χ4n) is 3.65. The predicted octanol–water partition coefficient (Wildman–Crippen LogP) is 3.56. The topological polar surface area (TPSA) is 51.0 Å². The highest BCUT2D eigenvalue weighted by Crippen LogP contribution is 2.24. The molecule has 144 valence electrons. The van der Waals surface area contributed by atoms with Gasteiger partial charge in [-0.25, -0.2) is 8.78 Å². The molecule has 0 N–H and O–H groups in total. The molecule has 0 saturated heterocycles. The van der Waals surface area contributed by atoms with Gasteiger partial charge in [-0.05, 0) is 37.1 Å². The lowest BCUT2D eigenvalue weighted by molar-refractivity contribution is 0.0679. The van der Waals surface area contributed by atoms with Gasteiger partial charge in [-0.3, -0.25) is 4.79 Å². The first-order valence-electron chi connectivity index (χ1n) is 9.24. The monoisotopic (exact) mass is 382 g/mol. The van der Waals surface area contributed by atoms with Gasteiger partial charge in [0.15, 0.2) is 17.5 Å². The Hall–Kier alpha value is -3.09. The second-order valence-corrected chi connectivity index (χ2v) is 7.05. The van der Waals surface area contributed by atoms with Crippen molar-refractivity contribution < 1.29 is 13.6 Å². The number of hydrogen-bond donors (Lipinski definition) is 0. The van der Waals surface area contributed by atoms with Gasteiger partial charge in [-0.2, -0.15) is 0 Å². The highest BCUT2D eigenvalue weighted by molar-refractivity contribution is 5.94. The Kier molecular flexibility index (Phi) is 4.90. The van der Waals surface area contributed by atoms with E-state index in [1.165, 1.54) is 11.6 Å². The van der Waals surface area contributed by atoms with Crippen molar-refractivity contribution in [3.63, 3.8) is 0 Å². The van der Waals surface area contributed by atoms with Crippen LogP contribution in [0.5, 0.6) is 0 Å². The van der Waals surface area contributed by atoms with Crippen molar-refractivity contribution in [2.45, 2.75) is 32.4 Å². The molecular formula is C21H20F2N4O. The summed E-state index contributed by atoms with van der Waals surface area (Å²) in [6, 6.07) is 13.4. The van der Waals surface area contributed by atoms with E-state index in [0.29, 0.717) is 18.9 Å². The molecule has 1 aromatic heterocycles. The van der Waals surface area contributed by atoms with Crippen LogP contribution < -0.4 is 0 Å². The van der Waals surface area contributed by atoms with Crippen LogP contribution in [0.3, 0.4) is 0 Å². The minimum Gasteiger partial charge on any atom is -0.329 e. The molecule has 1 atom stereocenters. The molecule has 3 aromatic rings. The molecule has 2 aromatic carbocycles. The van der Waals surface area contributed by atoms with Gasteiger partial charge in [0.2, 0.25) is 0 Å². The lowest BCUT2D eigenvalue weighted by Crippen LogP contribution is -2.40. The first-order chi connectivity index (χ1) is 13.5. The van der Waals surface area contributed by atoms with Crippen molar-refractivity contribution in [3.8, 4) is 0 Å². The number of carbonyl (C=O) groups is 1. The van der Waals surface area contributed by atoms with E-state index in [1.54, 1.807) is 4.90 Å². The fourth-order valence-corrected chi connectivity index (χ4v) is 3.65. The number of hydrogen-bond acceptors (Lipinski definition) is 3. The zero-order valence-corrected chi connectivity index (χ0v) is 15.5. The van der Waals surface area contributed by atoms with E-state index < -0.39 is 11.6 Å². The number of amides is 1. The Morgan fingerprint density at radius 2 is 1.86 bits per heavy atom. The van der Waals surface area contributed by atoms with Crippen LogP contribution in [-0.4, -0.2) is 32.1 Å². The molecule has 5 nitrogen and oxygen atoms in total. The zero-order chi connectivity index (χ0) is 19.7. The first kappa shape index (κ1) is 18.3. The van der Waals surface area contributed by atoms with Crippen LogP contribution in [0.1, 0.15) is 40.5 Å². The molecule has 1 aliphatic rings. The van der Waals surface area contributed by atoms with Gasteiger partial charge in [0, 0.05) is 18.5 Å². The highest BCUT2D eigenvalue weighted by atomic mass is 19.2. The quantitative estimate of drug-likeness (QED) is 0.693. The number of rotatable bonds is 4. The molecule has 0 spiro atoms. The summed E-state index contributed by atoms with van der Waals surface area (Å²) in [5.41, 5.74) is 1.36. The predicted molar refractivity (Wildman–Crippen MR) is 99.7 cm³/mol. The molecule has 0 aliphatic carbocycles. The maximum Gasteiger partial charge on any atom is 0.254 e. The molecule has 0 unspecified atom stereocenters. The Morgan fingerprint density at radius 1 is 1.07 bits per heavy atom. The van der Waals surface area contributed by atoms with Gasteiger partial charge < -0.3 is 9.47 Å². The Labute approximate surface area is 161 Å². The van der Waals surface area contributed by atoms with E-state index in [9.17, 15) is 13.6 Å². The van der Waals surface area contributed by atoms with Crippen LogP contribution in [0, 0.1) is 11.6 Å². The average Bonchev–Trinajstić information content (AvgIpc) is 3.12. The Bertz CT molecular complexity index is 1000. The molecule has 0 bridgehead atoms. The summed E-state index contributed by atoms with van der Waals surface area (Å²) in [5.74, 6) is -0.733. The van der Waals surface area contributed by atoms with Gasteiger partial charge >= 0.3 is 0 Å². The van der Waals surface area contributed by atoms with E-state index in [-0.39, 0.29) is 17.5 Å². The SMILES string of the molecule is C[C@H]1CN(C(=O)c2ccc(F)c(F)c2)Cc2nnc(CCc3ccccc3)n21. The lowest BCUT2D eigenvalue weighted by Gasteiger charge is -2.32. The van der Waals surface area contributed by atoms with Crippen LogP contribution in [-0.2, 0) is 19.4 Å². The molecular weight excluding hydrogens is 362 g/mol. The van der Waals surface area contributed by atoms with Gasteiger partial charge in [-0.15, -0.1) is 10.2 Å². The summed E-state index contributed by atoms with van der Waals surface area (Å²) in [6.07, 6.45) is 1.63. The normalized spacial score (nSPS) is 16.1. The number of fused-ring (bicyclic) bond motifs is 1. The lowest BCUT2D eigenvalue weighted by atomic mass is 10.1. The number of benzene rings is 2. The smallest absolute Gasteiger partial charge is 0.254 e. The summed E-state index contributed by atoms with van der Waals surface area (Å²) >= 11 is 0. The van der Waals surface area contributed by atoms with Crippen molar-refractivity contribution in [2.24, 2.45) is 0 Å². The van der Waals surface area contributed by atoms with Crippen molar-refractivity contribution in [2.75, 3.05) is 6.54 Å². The van der Waals surface area contributed by atoms with E-state index in [1.807, 2.05) is 25.1 Å². The number of carbonyl (C=O) groups excluding carboxylic acids is 1. The number of halogens is 2. The number of aryl methyl sites for hydroxylation is 2. The maximum atomic E-state index is 13.5. The minimum atomic E-state index is -1.03. The molecule has 1 aliphatic heterocycles. The van der Waals surface area contributed by atoms with Crippen LogP contribution in [0.15, 0.2) is 48.5 Å². The molecule has 0 radical (unpaired) electrons. The standard InChI is InChI=1S/C21H20F2N4O/c1-14-12-26(21(28)16-8-9-17(22)18(23)11-16)13-20-25-24-19(27(14)20)10-7-15-5-3-2-4-6-15/h2-6,8-9,11,14H,7,10,12-13H2,1H3/t14-/m0/s1. The van der Waals surface area contributed by atoms with E-state index in [2.05, 4.69) is 26.9 Å². The molecule has 0 fully saturated rings. The maximum absolute atomic E-state index is 13.5. The summed E-state index contributed by atoms with van der Waals surface area (Å²) in [6.45, 7) is 2.76. The van der Waals surface area contributed by atoms with Gasteiger partial charge in [-0.1, -0.05) is 30.3 Å². The van der Waals surface area contributed by atoms with Crippen LogP contribution in [0.25, 0.3) is 0 Å². The third-order valence-electron chi connectivity index (χ3n) is 5.03. The molecule has 28 heavy (non-hydrogen) atoms. The van der Waals surface area contributed by atoms with Gasteiger partial charge in [0.1, 0.15) is 5.82 Å². The third-order valence-corrected chi connectivity index (χ3v) is 5.03. The molecule has 4 rings (SSSR count). The summed E-state index contributed by atoms with van der Waals surface area (Å²) < 4.78 is 28.7. The van der Waals surface area contributed by atoms with Gasteiger partial charge in [0.05, 0.1) is 12.6 Å². The second-order valence-electron chi connectivity index (χ2n) is 7.05. The van der Waals surface area contributed by atoms with Crippen LogP contribution in [0.4, 0.5) is 8.78 Å². The van der Waals surface area contributed by atoms with E-state index in [4.69, 9.17) is 0 Å². The fraction of sp³-hybridized carbons (Fsp3) is 0.286. The summed E-state index contributed by atoms with van der Waals surface area (Å²) in [4.78, 5) is 14.3. The van der Waals surface area contributed by atoms with Crippen LogP contribution >= 0.6 is 0 Å². The van der Waals surface area contributed by atoms with Crippen molar-refractivity contribution >= 4 is 5.91 Å². The summed E-state index contributed by atoms with van der Waals surface area (Å²) in [7, 11) is 0. The Morgan fingerprint density at radius 3 is 2.61 bits per heavy atom.